The summed E-state index contributed by atoms with van der Waals surface area (Å²) in [7, 11) is -1.75. The first kappa shape index (κ1) is 32.1. The van der Waals surface area contributed by atoms with Gasteiger partial charge in [0.05, 0.1) is 17.9 Å². The monoisotopic (exact) mass is 621 g/mol. The van der Waals surface area contributed by atoms with Gasteiger partial charge in [-0.1, -0.05) is 18.2 Å². The Bertz CT molecular complexity index is 1380. The number of sulfonamides is 1. The molecule has 0 radical (unpaired) electrons. The molecule has 3 aliphatic rings. The van der Waals surface area contributed by atoms with Crippen LogP contribution in [0.2, 0.25) is 0 Å². The topological polar surface area (TPSA) is 102 Å². The molecule has 3 N–H and O–H groups in total. The fourth-order valence-corrected chi connectivity index (χ4v) is 9.08. The number of carbonyl (C=O) groups excluding carboxylic acids is 1. The van der Waals surface area contributed by atoms with Crippen LogP contribution in [0.25, 0.3) is 0 Å². The van der Waals surface area contributed by atoms with Gasteiger partial charge in [-0.15, -0.1) is 0 Å². The second-order valence-corrected chi connectivity index (χ2v) is 14.4. The van der Waals surface area contributed by atoms with E-state index in [0.29, 0.717) is 25.1 Å². The lowest BCUT2D eigenvalue weighted by molar-refractivity contribution is -0.120. The second kappa shape index (κ2) is 13.8. The van der Waals surface area contributed by atoms with E-state index < -0.39 is 33.7 Å². The molecule has 2 bridgehead atoms. The summed E-state index contributed by atoms with van der Waals surface area (Å²) in [5.41, 5.74) is 7.86. The molecule has 43 heavy (non-hydrogen) atoms. The molecule has 5 rings (SSSR count). The van der Waals surface area contributed by atoms with Crippen molar-refractivity contribution in [2.24, 2.45) is 11.7 Å². The molecule has 2 heterocycles. The van der Waals surface area contributed by atoms with Crippen LogP contribution in [0, 0.1) is 23.4 Å². The maximum absolute atomic E-state index is 15.2. The number of nitrogens with zero attached hydrogens (tertiary/aromatic N) is 1. The number of rotatable bonds is 10. The highest BCUT2D eigenvalue weighted by atomic mass is 32.2. The highest BCUT2D eigenvalue weighted by Gasteiger charge is 2.39. The van der Waals surface area contributed by atoms with Crippen molar-refractivity contribution in [3.63, 3.8) is 0 Å². The zero-order valence-corrected chi connectivity index (χ0v) is 25.4. The Kier molecular flexibility index (Phi) is 10.3. The number of Topliss-reactive ketones (excluding diaryl/α,β-unsaturated/α-hetero) is 1. The number of hydrogen-bond acceptors (Lipinski definition) is 6. The zero-order chi connectivity index (χ0) is 30.7. The van der Waals surface area contributed by atoms with Crippen molar-refractivity contribution in [1.29, 1.82) is 0 Å². The minimum absolute atomic E-state index is 0.0763. The quantitative estimate of drug-likeness (QED) is 0.412. The van der Waals surface area contributed by atoms with Gasteiger partial charge in [0.1, 0.15) is 5.82 Å². The van der Waals surface area contributed by atoms with Crippen LogP contribution in [-0.2, 0) is 32.4 Å². The summed E-state index contributed by atoms with van der Waals surface area (Å²) in [4.78, 5) is 13.7. The van der Waals surface area contributed by atoms with E-state index in [4.69, 9.17) is 10.5 Å². The lowest BCUT2D eigenvalue weighted by Gasteiger charge is -2.37. The van der Waals surface area contributed by atoms with E-state index in [1.165, 1.54) is 22.5 Å². The third-order valence-electron chi connectivity index (χ3n) is 9.72. The van der Waals surface area contributed by atoms with Gasteiger partial charge in [0, 0.05) is 44.6 Å². The van der Waals surface area contributed by atoms with Gasteiger partial charge in [-0.2, -0.15) is 4.31 Å². The molecule has 1 aliphatic carbocycles. The fraction of sp³-hybridized carbons (Fsp3) is 0.594. The number of piperazine rings is 1. The SMILES string of the molecule is COC1CCC([C@H](c2ccc(F)cc2)[C@H](N)C(=O)Cc2ccc(F)c(F)c2CC[C@H]2CN[C@@H]3CCCS(=O)(=O)N2C3)CC1. The van der Waals surface area contributed by atoms with Crippen LogP contribution in [0.15, 0.2) is 36.4 Å². The largest absolute Gasteiger partial charge is 0.381 e. The third kappa shape index (κ3) is 7.33. The van der Waals surface area contributed by atoms with Crippen molar-refractivity contribution in [3.8, 4) is 0 Å². The first-order chi connectivity index (χ1) is 20.6. The highest BCUT2D eigenvalue weighted by Crippen LogP contribution is 2.39. The lowest BCUT2D eigenvalue weighted by atomic mass is 9.71. The number of carbonyl (C=O) groups is 1. The Morgan fingerprint density at radius 1 is 1.07 bits per heavy atom. The normalized spacial score (nSPS) is 28.5. The number of nitrogens with one attached hydrogen (secondary N) is 1. The van der Waals surface area contributed by atoms with Crippen LogP contribution in [0.5, 0.6) is 0 Å². The fourth-order valence-electron chi connectivity index (χ4n) is 7.27. The van der Waals surface area contributed by atoms with Gasteiger partial charge in [-0.05, 0) is 92.2 Å². The van der Waals surface area contributed by atoms with Gasteiger partial charge in [-0.3, -0.25) is 4.79 Å². The van der Waals surface area contributed by atoms with Crippen LogP contribution < -0.4 is 11.1 Å². The molecule has 1 saturated carbocycles. The van der Waals surface area contributed by atoms with Crippen molar-refractivity contribution in [1.82, 2.24) is 9.62 Å². The van der Waals surface area contributed by atoms with Crippen molar-refractivity contribution in [2.45, 2.75) is 87.9 Å². The van der Waals surface area contributed by atoms with E-state index >= 15 is 4.39 Å². The highest BCUT2D eigenvalue weighted by molar-refractivity contribution is 7.89. The maximum atomic E-state index is 15.2. The number of hydrogen-bond donors (Lipinski definition) is 2. The van der Waals surface area contributed by atoms with E-state index in [2.05, 4.69) is 5.32 Å². The summed E-state index contributed by atoms with van der Waals surface area (Å²) in [5, 5.41) is 3.40. The number of benzene rings is 2. The van der Waals surface area contributed by atoms with Crippen LogP contribution in [0.4, 0.5) is 13.2 Å². The Morgan fingerprint density at radius 3 is 2.49 bits per heavy atom. The average molecular weight is 622 g/mol. The van der Waals surface area contributed by atoms with E-state index in [-0.39, 0.29) is 66.2 Å². The minimum Gasteiger partial charge on any atom is -0.381 e. The first-order valence-corrected chi connectivity index (χ1v) is 16.9. The number of nitrogens with two attached hydrogens (primary N) is 1. The van der Waals surface area contributed by atoms with Crippen molar-refractivity contribution >= 4 is 15.8 Å². The Balaban J connectivity index is 1.35. The van der Waals surface area contributed by atoms with Crippen LogP contribution in [0.1, 0.15) is 67.6 Å². The predicted molar refractivity (Wildman–Crippen MR) is 159 cm³/mol. The lowest BCUT2D eigenvalue weighted by Crippen LogP contribution is -2.57. The molecule has 1 unspecified atom stereocenters. The van der Waals surface area contributed by atoms with Crippen molar-refractivity contribution < 1.29 is 31.1 Å². The summed E-state index contributed by atoms with van der Waals surface area (Å²) in [6, 6.07) is 7.26. The van der Waals surface area contributed by atoms with Crippen LogP contribution >= 0.6 is 0 Å². The van der Waals surface area contributed by atoms with E-state index in [0.717, 1.165) is 43.7 Å². The molecule has 2 aromatic rings. The van der Waals surface area contributed by atoms with Crippen LogP contribution in [0.3, 0.4) is 0 Å². The summed E-state index contributed by atoms with van der Waals surface area (Å²) in [6.45, 7) is 0.806. The molecule has 5 atom stereocenters. The predicted octanol–water partition coefficient (Wildman–Crippen LogP) is 4.23. The van der Waals surface area contributed by atoms with Gasteiger partial charge in [-0.25, -0.2) is 21.6 Å². The van der Waals surface area contributed by atoms with Crippen molar-refractivity contribution in [2.75, 3.05) is 26.0 Å². The molecule has 0 spiro atoms. The summed E-state index contributed by atoms with van der Waals surface area (Å²) < 4.78 is 76.3. The van der Waals surface area contributed by atoms with Crippen LogP contribution in [-0.4, -0.2) is 68.7 Å². The first-order valence-electron chi connectivity index (χ1n) is 15.3. The molecule has 0 amide bonds. The number of fused-ring (bicyclic) bond motifs is 2. The molecule has 3 fully saturated rings. The number of methoxy groups -OCH3 is 1. The Morgan fingerprint density at radius 2 is 1.79 bits per heavy atom. The minimum atomic E-state index is -3.44. The molecule has 236 valence electrons. The smallest absolute Gasteiger partial charge is 0.214 e. The number of ketones is 1. The molecule has 2 aromatic carbocycles. The summed E-state index contributed by atoms with van der Waals surface area (Å²) in [6.07, 6.45) is 4.94. The zero-order valence-electron chi connectivity index (χ0n) is 24.6. The molecule has 11 heteroatoms. The molecular weight excluding hydrogens is 579 g/mol. The molecule has 7 nitrogen and oxygen atoms in total. The third-order valence-corrected chi connectivity index (χ3v) is 11.7. The van der Waals surface area contributed by atoms with Gasteiger partial charge in [0.2, 0.25) is 10.0 Å². The summed E-state index contributed by atoms with van der Waals surface area (Å²) >= 11 is 0. The number of halogens is 3. The van der Waals surface area contributed by atoms with Gasteiger partial charge in [0.15, 0.2) is 17.4 Å². The standard InChI is InChI=1S/C32H42F3N3O4S/c1-42-26-12-6-21(7-13-26)30(20-4-9-23(33)10-5-20)32(36)29(39)17-22-8-15-28(34)31(35)27(22)14-11-25-18-37-24-3-2-16-43(40,41)38(25)19-24/h4-5,8-10,15,21,24-26,30,32,37H,2-3,6-7,11-14,16-19,36H2,1H3/t21?,24-,25+,26?,30+,32-/m1/s1. The van der Waals surface area contributed by atoms with Gasteiger partial charge < -0.3 is 15.8 Å². The molecule has 0 aromatic heterocycles. The van der Waals surface area contributed by atoms with E-state index in [1.54, 1.807) is 19.2 Å². The van der Waals surface area contributed by atoms with Crippen molar-refractivity contribution in [3.05, 3.63) is 70.5 Å². The van der Waals surface area contributed by atoms with E-state index in [9.17, 15) is 22.0 Å². The van der Waals surface area contributed by atoms with E-state index in [1.807, 2.05) is 0 Å². The Labute approximate surface area is 252 Å². The van der Waals surface area contributed by atoms with Gasteiger partial charge >= 0.3 is 0 Å². The van der Waals surface area contributed by atoms with Gasteiger partial charge in [0.25, 0.3) is 0 Å². The maximum Gasteiger partial charge on any atom is 0.214 e. The Hall–Kier alpha value is -2.31. The average Bonchev–Trinajstić information content (AvgIpc) is 3.11. The summed E-state index contributed by atoms with van der Waals surface area (Å²) in [5.74, 6) is -2.93. The molecule has 2 saturated heterocycles. The number of ether oxygens (including phenoxy) is 1. The second-order valence-electron chi connectivity index (χ2n) is 12.3. The molecule has 2 aliphatic heterocycles. The molecular formula is C32H42F3N3O4S.